The summed E-state index contributed by atoms with van der Waals surface area (Å²) < 4.78 is 4.23. The third-order valence-electron chi connectivity index (χ3n) is 4.06. The van der Waals surface area contributed by atoms with Gasteiger partial charge in [-0.3, -0.25) is 0 Å². The van der Waals surface area contributed by atoms with Gasteiger partial charge in [0.2, 0.25) is 0 Å². The number of rotatable bonds is 6. The van der Waals surface area contributed by atoms with Crippen molar-refractivity contribution in [2.75, 3.05) is 0 Å². The first-order valence-electron chi connectivity index (χ1n) is 8.35. The Kier molecular flexibility index (Phi) is 4.59. The van der Waals surface area contributed by atoms with Crippen LogP contribution in [0.4, 0.5) is 0 Å². The second kappa shape index (κ2) is 7.01. The minimum absolute atomic E-state index is 0.781. The Hall–Kier alpha value is -2.12. The van der Waals surface area contributed by atoms with Crippen LogP contribution in [0.25, 0.3) is 17.0 Å². The molecule has 0 aliphatic carbocycles. The van der Waals surface area contributed by atoms with Crippen molar-refractivity contribution in [2.24, 2.45) is 0 Å². The average Bonchev–Trinajstić information content (AvgIpc) is 3.35. The molecule has 4 rings (SSSR count). The zero-order chi connectivity index (χ0) is 17.2. The number of imidazole rings is 1. The van der Waals surface area contributed by atoms with Crippen molar-refractivity contribution in [1.29, 1.82) is 0 Å². The second-order valence-corrected chi connectivity index (χ2v) is 7.63. The summed E-state index contributed by atoms with van der Waals surface area (Å²) in [7, 11) is 0. The smallest absolute Gasteiger partial charge is 0.191 e. The van der Waals surface area contributed by atoms with E-state index in [2.05, 4.69) is 51.2 Å². The van der Waals surface area contributed by atoms with Crippen molar-refractivity contribution in [3.8, 4) is 11.4 Å². The maximum absolute atomic E-state index is 4.65. The molecule has 4 aromatic heterocycles. The predicted octanol–water partition coefficient (Wildman–Crippen LogP) is 4.53. The monoisotopic (exact) mass is 369 g/mol. The quantitative estimate of drug-likeness (QED) is 0.469. The molecule has 4 aromatic rings. The van der Waals surface area contributed by atoms with Gasteiger partial charge in [-0.25, -0.2) is 4.98 Å². The Labute approximate surface area is 154 Å². The van der Waals surface area contributed by atoms with Crippen LogP contribution < -0.4 is 0 Å². The molecule has 7 heteroatoms. The molecule has 0 N–H and O–H groups in total. The van der Waals surface area contributed by atoms with E-state index in [-0.39, 0.29) is 0 Å². The molecule has 0 atom stereocenters. The molecule has 0 fully saturated rings. The van der Waals surface area contributed by atoms with E-state index in [9.17, 15) is 0 Å². The molecule has 0 amide bonds. The van der Waals surface area contributed by atoms with E-state index in [0.717, 1.165) is 46.6 Å². The molecule has 128 valence electrons. The normalized spacial score (nSPS) is 11.4. The molecule has 0 unspecified atom stereocenters. The Balaban J connectivity index is 1.56. The van der Waals surface area contributed by atoms with E-state index in [4.69, 9.17) is 0 Å². The lowest BCUT2D eigenvalue weighted by molar-refractivity contribution is 0.687. The molecular formula is C18H19N5S2. The summed E-state index contributed by atoms with van der Waals surface area (Å²) in [5.41, 5.74) is 3.18. The fourth-order valence-corrected chi connectivity index (χ4v) is 4.47. The van der Waals surface area contributed by atoms with Crippen LogP contribution in [0.5, 0.6) is 0 Å². The third kappa shape index (κ3) is 3.21. The molecule has 0 saturated heterocycles. The highest BCUT2D eigenvalue weighted by Gasteiger charge is 2.15. The molecule has 4 heterocycles. The lowest BCUT2D eigenvalue weighted by Crippen LogP contribution is -1.99. The fraction of sp³-hybridized carbons (Fsp3) is 0.278. The molecule has 0 aliphatic heterocycles. The lowest BCUT2D eigenvalue weighted by atomic mass is 10.2. The van der Waals surface area contributed by atoms with E-state index in [0.29, 0.717) is 0 Å². The van der Waals surface area contributed by atoms with Gasteiger partial charge in [-0.05, 0) is 31.5 Å². The highest BCUT2D eigenvalue weighted by Crippen LogP contribution is 2.29. The lowest BCUT2D eigenvalue weighted by Gasteiger charge is -2.05. The maximum Gasteiger partial charge on any atom is 0.191 e. The molecule has 5 nitrogen and oxygen atoms in total. The first-order chi connectivity index (χ1) is 12.3. The summed E-state index contributed by atoms with van der Waals surface area (Å²) >= 11 is 3.47. The minimum Gasteiger partial charge on any atom is -0.307 e. The number of pyridine rings is 1. The summed E-state index contributed by atoms with van der Waals surface area (Å²) in [6.07, 6.45) is 5.15. The Morgan fingerprint density at radius 2 is 2.12 bits per heavy atom. The van der Waals surface area contributed by atoms with Crippen molar-refractivity contribution >= 4 is 28.7 Å². The van der Waals surface area contributed by atoms with Crippen LogP contribution in [0.15, 0.2) is 47.2 Å². The van der Waals surface area contributed by atoms with Crippen LogP contribution in [0.3, 0.4) is 0 Å². The molecule has 0 radical (unpaired) electrons. The number of hydrogen-bond donors (Lipinski definition) is 0. The fourth-order valence-electron chi connectivity index (χ4n) is 2.77. The molecule has 0 bridgehead atoms. The van der Waals surface area contributed by atoms with Gasteiger partial charge in [0.1, 0.15) is 5.65 Å². The van der Waals surface area contributed by atoms with E-state index >= 15 is 0 Å². The number of hydrogen-bond acceptors (Lipinski definition) is 5. The molecular weight excluding hydrogens is 350 g/mol. The zero-order valence-corrected chi connectivity index (χ0v) is 15.8. The van der Waals surface area contributed by atoms with Gasteiger partial charge in [-0.2, -0.15) is 0 Å². The van der Waals surface area contributed by atoms with E-state index in [1.54, 1.807) is 23.1 Å². The van der Waals surface area contributed by atoms with Crippen LogP contribution in [0.2, 0.25) is 0 Å². The molecule has 0 spiro atoms. The Morgan fingerprint density at radius 3 is 2.88 bits per heavy atom. The third-order valence-corrected chi connectivity index (χ3v) is 6.14. The van der Waals surface area contributed by atoms with Crippen LogP contribution in [0.1, 0.15) is 24.4 Å². The van der Waals surface area contributed by atoms with Crippen molar-refractivity contribution in [2.45, 2.75) is 37.7 Å². The van der Waals surface area contributed by atoms with Gasteiger partial charge in [0.15, 0.2) is 11.0 Å². The first kappa shape index (κ1) is 16.4. The predicted molar refractivity (Wildman–Crippen MR) is 103 cm³/mol. The van der Waals surface area contributed by atoms with Crippen LogP contribution >= 0.6 is 23.1 Å². The van der Waals surface area contributed by atoms with Gasteiger partial charge in [-0.1, -0.05) is 24.8 Å². The van der Waals surface area contributed by atoms with Gasteiger partial charge < -0.3 is 8.97 Å². The SMILES string of the molecule is CCc1cc(-c2nnc(SCc3cn4ccccc4n3)n2CC)cs1. The topological polar surface area (TPSA) is 48.0 Å². The highest BCUT2D eigenvalue weighted by atomic mass is 32.2. The standard InChI is InChI=1S/C18H19N5S2/c1-3-15-9-13(11-24-15)17-20-21-18(23(17)4-2)25-12-14-10-22-8-6-5-7-16(22)19-14/h5-11H,3-4,12H2,1-2H3. The van der Waals surface area contributed by atoms with Crippen molar-refractivity contribution in [3.05, 3.63) is 52.6 Å². The minimum atomic E-state index is 0.781. The number of aromatic nitrogens is 5. The van der Waals surface area contributed by atoms with Crippen LogP contribution in [0, 0.1) is 0 Å². The van der Waals surface area contributed by atoms with Gasteiger partial charge in [-0.15, -0.1) is 21.5 Å². The molecule has 0 saturated carbocycles. The van der Waals surface area contributed by atoms with E-state index in [1.165, 1.54) is 4.88 Å². The molecule has 25 heavy (non-hydrogen) atoms. The summed E-state index contributed by atoms with van der Waals surface area (Å²) in [6.45, 7) is 5.17. The average molecular weight is 370 g/mol. The number of fused-ring (bicyclic) bond motifs is 1. The largest absolute Gasteiger partial charge is 0.307 e. The van der Waals surface area contributed by atoms with Gasteiger partial charge in [0, 0.05) is 40.5 Å². The van der Waals surface area contributed by atoms with Crippen LogP contribution in [-0.4, -0.2) is 24.1 Å². The number of thiophene rings is 1. The highest BCUT2D eigenvalue weighted by molar-refractivity contribution is 7.98. The number of thioether (sulfide) groups is 1. The Morgan fingerprint density at radius 1 is 1.20 bits per heavy atom. The van der Waals surface area contributed by atoms with E-state index in [1.807, 2.05) is 28.8 Å². The summed E-state index contributed by atoms with van der Waals surface area (Å²) in [4.78, 5) is 6.02. The van der Waals surface area contributed by atoms with Gasteiger partial charge in [0.05, 0.1) is 5.69 Å². The van der Waals surface area contributed by atoms with E-state index < -0.39 is 0 Å². The van der Waals surface area contributed by atoms with Gasteiger partial charge >= 0.3 is 0 Å². The molecule has 0 aliphatic rings. The van der Waals surface area contributed by atoms with Crippen molar-refractivity contribution < 1.29 is 0 Å². The number of aryl methyl sites for hydroxylation is 1. The Bertz CT molecular complexity index is 965. The number of nitrogens with zero attached hydrogens (tertiary/aromatic N) is 5. The van der Waals surface area contributed by atoms with Crippen LogP contribution in [-0.2, 0) is 18.7 Å². The molecule has 0 aromatic carbocycles. The first-order valence-corrected chi connectivity index (χ1v) is 10.2. The summed E-state index contributed by atoms with van der Waals surface area (Å²) in [6, 6.07) is 8.25. The van der Waals surface area contributed by atoms with Crippen molar-refractivity contribution in [3.63, 3.8) is 0 Å². The van der Waals surface area contributed by atoms with Crippen molar-refractivity contribution in [1.82, 2.24) is 24.1 Å². The zero-order valence-electron chi connectivity index (χ0n) is 14.2. The van der Waals surface area contributed by atoms with Gasteiger partial charge in [0.25, 0.3) is 0 Å². The second-order valence-electron chi connectivity index (χ2n) is 5.69. The summed E-state index contributed by atoms with van der Waals surface area (Å²) in [5, 5.41) is 12.0. The summed E-state index contributed by atoms with van der Waals surface area (Å²) in [5.74, 6) is 1.74. The maximum atomic E-state index is 4.65.